The lowest BCUT2D eigenvalue weighted by Crippen LogP contribution is -2.18. The fraction of sp³-hybridized carbons (Fsp3) is 0.500. The Balaban J connectivity index is 0.000000921. The first-order valence-electron chi connectivity index (χ1n) is 4.98. The van der Waals surface area contributed by atoms with Gasteiger partial charge in [0.2, 0.25) is 0 Å². The van der Waals surface area contributed by atoms with Crippen LogP contribution in [-0.2, 0) is 4.79 Å². The lowest BCUT2D eigenvalue weighted by Gasteiger charge is -2.13. The second kappa shape index (κ2) is 6.53. The number of ketones is 1. The number of rotatable bonds is 2. The molecule has 0 unspecified atom stereocenters. The van der Waals surface area contributed by atoms with Crippen LogP contribution in [0.3, 0.4) is 0 Å². The van der Waals surface area contributed by atoms with Crippen LogP contribution in [0.4, 0.5) is 4.39 Å². The Labute approximate surface area is 89.5 Å². The van der Waals surface area contributed by atoms with E-state index in [0.29, 0.717) is 6.42 Å². The Morgan fingerprint density at radius 2 is 1.93 bits per heavy atom. The van der Waals surface area contributed by atoms with Gasteiger partial charge in [-0.3, -0.25) is 4.79 Å². The molecule has 0 aromatic carbocycles. The van der Waals surface area contributed by atoms with Crippen LogP contribution in [0.5, 0.6) is 0 Å². The van der Waals surface area contributed by atoms with Crippen molar-refractivity contribution in [3.05, 3.63) is 22.9 Å². The highest BCUT2D eigenvalue weighted by Gasteiger charge is 2.22. The van der Waals surface area contributed by atoms with Crippen LogP contribution in [-0.4, -0.2) is 22.9 Å². The van der Waals surface area contributed by atoms with E-state index in [1.165, 1.54) is 6.92 Å². The minimum absolute atomic E-state index is 0.129. The molecule has 84 valence electrons. The zero-order valence-electron chi connectivity index (χ0n) is 9.25. The predicted molar refractivity (Wildman–Crippen MR) is 57.7 cm³/mol. The van der Waals surface area contributed by atoms with Crippen molar-refractivity contribution in [2.45, 2.75) is 33.6 Å². The molecule has 5 heteroatoms. The van der Waals surface area contributed by atoms with Gasteiger partial charge in [-0.25, -0.2) is 4.39 Å². The van der Waals surface area contributed by atoms with Gasteiger partial charge in [-0.2, -0.15) is 0 Å². The molecule has 0 aromatic heterocycles. The van der Waals surface area contributed by atoms with Crippen molar-refractivity contribution in [1.82, 2.24) is 0 Å². The Morgan fingerprint density at radius 1 is 1.40 bits per heavy atom. The SMILES string of the molecule is CC.CC(=O)C1=C(F)C=C(B(O)O)CC1. The van der Waals surface area contributed by atoms with E-state index in [1.807, 2.05) is 13.8 Å². The van der Waals surface area contributed by atoms with Crippen molar-refractivity contribution >= 4 is 12.9 Å². The summed E-state index contributed by atoms with van der Waals surface area (Å²) in [4.78, 5) is 10.8. The summed E-state index contributed by atoms with van der Waals surface area (Å²) >= 11 is 0. The number of allylic oxidation sites excluding steroid dienone is 4. The van der Waals surface area contributed by atoms with Crippen LogP contribution >= 0.6 is 0 Å². The molecule has 0 saturated carbocycles. The summed E-state index contributed by atoms with van der Waals surface area (Å²) < 4.78 is 13.1. The molecule has 0 atom stereocenters. The average Bonchev–Trinajstić information content (AvgIpc) is 2.20. The van der Waals surface area contributed by atoms with Crippen LogP contribution in [0.2, 0.25) is 0 Å². The van der Waals surface area contributed by atoms with Crippen molar-refractivity contribution in [3.63, 3.8) is 0 Å². The maximum Gasteiger partial charge on any atom is 0.484 e. The first-order valence-corrected chi connectivity index (χ1v) is 4.98. The van der Waals surface area contributed by atoms with E-state index in [0.717, 1.165) is 6.08 Å². The minimum atomic E-state index is -1.63. The average molecular weight is 214 g/mol. The Kier molecular flexibility index (Phi) is 6.12. The highest BCUT2D eigenvalue weighted by atomic mass is 19.1. The van der Waals surface area contributed by atoms with Gasteiger partial charge in [-0.05, 0) is 31.3 Å². The van der Waals surface area contributed by atoms with Gasteiger partial charge < -0.3 is 10.0 Å². The van der Waals surface area contributed by atoms with Crippen molar-refractivity contribution < 1.29 is 19.2 Å². The second-order valence-electron chi connectivity index (χ2n) is 2.98. The highest BCUT2D eigenvalue weighted by Crippen LogP contribution is 2.25. The summed E-state index contributed by atoms with van der Waals surface area (Å²) in [6.07, 6.45) is 1.58. The molecule has 1 aliphatic carbocycles. The van der Waals surface area contributed by atoms with E-state index in [-0.39, 0.29) is 23.2 Å². The molecular weight excluding hydrogens is 198 g/mol. The van der Waals surface area contributed by atoms with Gasteiger partial charge >= 0.3 is 7.12 Å². The normalized spacial score (nSPS) is 15.2. The van der Waals surface area contributed by atoms with Gasteiger partial charge in [0, 0.05) is 5.57 Å². The van der Waals surface area contributed by atoms with Crippen LogP contribution in [0, 0.1) is 0 Å². The summed E-state index contributed by atoms with van der Waals surface area (Å²) in [6.45, 7) is 5.29. The standard InChI is InChI=1S/C8H10BFO3.C2H6/c1-5(11)7-3-2-6(9(12)13)4-8(7)10;1-2/h4,12-13H,2-3H2,1H3;1-2H3. The Morgan fingerprint density at radius 3 is 2.27 bits per heavy atom. The molecule has 0 amide bonds. The summed E-state index contributed by atoms with van der Waals surface area (Å²) in [7, 11) is -1.63. The quantitative estimate of drug-likeness (QED) is 0.685. The van der Waals surface area contributed by atoms with Crippen molar-refractivity contribution in [1.29, 1.82) is 0 Å². The minimum Gasteiger partial charge on any atom is -0.423 e. The highest BCUT2D eigenvalue weighted by molar-refractivity contribution is 6.50. The van der Waals surface area contributed by atoms with E-state index in [1.54, 1.807) is 0 Å². The fourth-order valence-corrected chi connectivity index (χ4v) is 1.26. The number of hydrogen-bond donors (Lipinski definition) is 2. The number of hydrogen-bond acceptors (Lipinski definition) is 3. The number of carbonyl (C=O) groups excluding carboxylic acids is 1. The molecule has 3 nitrogen and oxygen atoms in total. The number of carbonyl (C=O) groups is 1. The molecule has 0 bridgehead atoms. The zero-order chi connectivity index (χ0) is 12.0. The van der Waals surface area contributed by atoms with Crippen LogP contribution in [0.25, 0.3) is 0 Å². The van der Waals surface area contributed by atoms with Gasteiger partial charge in [-0.1, -0.05) is 13.8 Å². The maximum atomic E-state index is 13.1. The van der Waals surface area contributed by atoms with Crippen molar-refractivity contribution in [2.75, 3.05) is 0 Å². The van der Waals surface area contributed by atoms with Gasteiger partial charge in [0.05, 0.1) is 0 Å². The zero-order valence-corrected chi connectivity index (χ0v) is 9.25. The molecule has 0 aliphatic heterocycles. The molecule has 0 spiro atoms. The molecule has 15 heavy (non-hydrogen) atoms. The Hall–Kier alpha value is -0.935. The monoisotopic (exact) mass is 214 g/mol. The first kappa shape index (κ1) is 14.1. The third kappa shape index (κ3) is 3.97. The summed E-state index contributed by atoms with van der Waals surface area (Å²) in [5.41, 5.74) is 0.340. The summed E-state index contributed by atoms with van der Waals surface area (Å²) in [5.74, 6) is -0.956. The third-order valence-corrected chi connectivity index (χ3v) is 2.02. The first-order chi connectivity index (χ1) is 7.02. The molecule has 0 heterocycles. The smallest absolute Gasteiger partial charge is 0.423 e. The van der Waals surface area contributed by atoms with Gasteiger partial charge in [0.15, 0.2) is 5.78 Å². The van der Waals surface area contributed by atoms with Crippen molar-refractivity contribution in [2.24, 2.45) is 0 Å². The lowest BCUT2D eigenvalue weighted by molar-refractivity contribution is -0.113. The molecule has 2 N–H and O–H groups in total. The molecule has 1 aliphatic rings. The molecule has 0 saturated heterocycles. The van der Waals surface area contributed by atoms with E-state index in [4.69, 9.17) is 10.0 Å². The molecule has 0 fully saturated rings. The van der Waals surface area contributed by atoms with Crippen LogP contribution < -0.4 is 0 Å². The topological polar surface area (TPSA) is 57.5 Å². The predicted octanol–water partition coefficient (Wildman–Crippen LogP) is 1.56. The number of Topliss-reactive ketones (excluding diaryl/α,β-unsaturated/α-hetero) is 1. The second-order valence-corrected chi connectivity index (χ2v) is 2.98. The maximum absolute atomic E-state index is 13.1. The summed E-state index contributed by atoms with van der Waals surface area (Å²) in [5, 5.41) is 17.5. The van der Waals surface area contributed by atoms with Gasteiger partial charge in [0.1, 0.15) is 5.83 Å². The van der Waals surface area contributed by atoms with E-state index in [2.05, 4.69) is 0 Å². The molecule has 1 rings (SSSR count). The van der Waals surface area contributed by atoms with Crippen LogP contribution in [0.15, 0.2) is 22.9 Å². The van der Waals surface area contributed by atoms with Gasteiger partial charge in [0.25, 0.3) is 0 Å². The molecular formula is C10H16BFO3. The van der Waals surface area contributed by atoms with E-state index >= 15 is 0 Å². The van der Waals surface area contributed by atoms with Crippen LogP contribution in [0.1, 0.15) is 33.6 Å². The Bertz CT molecular complexity index is 295. The van der Waals surface area contributed by atoms with Crippen molar-refractivity contribution in [3.8, 4) is 0 Å². The van der Waals surface area contributed by atoms with E-state index in [9.17, 15) is 9.18 Å². The number of halogens is 1. The molecule has 0 radical (unpaired) electrons. The summed E-state index contributed by atoms with van der Waals surface area (Å²) in [6, 6.07) is 0. The van der Waals surface area contributed by atoms with Gasteiger partial charge in [-0.15, -0.1) is 0 Å². The third-order valence-electron chi connectivity index (χ3n) is 2.02. The molecule has 0 aromatic rings. The fourth-order valence-electron chi connectivity index (χ4n) is 1.26. The lowest BCUT2D eigenvalue weighted by atomic mass is 9.73. The van der Waals surface area contributed by atoms with E-state index < -0.39 is 12.9 Å². The largest absolute Gasteiger partial charge is 0.484 e.